The van der Waals surface area contributed by atoms with Crippen LogP contribution >= 0.6 is 22.7 Å². The van der Waals surface area contributed by atoms with Crippen LogP contribution < -0.4 is 0 Å². The Bertz CT molecular complexity index is 3480. The lowest BCUT2D eigenvalue weighted by Crippen LogP contribution is -1.97. The average Bonchev–Trinajstić information content (AvgIpc) is 3.89. The van der Waals surface area contributed by atoms with Crippen LogP contribution in [0.3, 0.4) is 0 Å². The highest BCUT2D eigenvalue weighted by molar-refractivity contribution is 7.26. The molecule has 0 N–H and O–H groups in total. The number of benzene rings is 9. The first-order valence-electron chi connectivity index (χ1n) is 20.2. The number of aromatic nitrogens is 2. The van der Waals surface area contributed by atoms with Crippen LogP contribution in [0.1, 0.15) is 0 Å². The number of hydrogen-bond acceptors (Lipinski definition) is 4. The second kappa shape index (κ2) is 14.2. The van der Waals surface area contributed by atoms with E-state index in [9.17, 15) is 0 Å². The lowest BCUT2D eigenvalue weighted by molar-refractivity contribution is 1.19. The summed E-state index contributed by atoms with van der Waals surface area (Å²) in [5, 5.41) is 7.48. The predicted octanol–water partition coefficient (Wildman–Crippen LogP) is 16.4. The molecule has 4 heteroatoms. The smallest absolute Gasteiger partial charge is 0.160 e. The Morgan fingerprint density at radius 2 is 0.750 bits per heavy atom. The molecule has 0 aliphatic rings. The number of hydrogen-bond donors (Lipinski definition) is 0. The van der Waals surface area contributed by atoms with Crippen molar-refractivity contribution in [1.29, 1.82) is 0 Å². The molecule has 3 heterocycles. The van der Waals surface area contributed by atoms with Crippen molar-refractivity contribution in [2.24, 2.45) is 0 Å². The standard InChI is InChI=1S/C56H34N2S2/c1-2-12-35(13-3-1)37-16-10-17-40(28-37)50-34-51(45-21-11-15-36-14-4-5-18-44(36)45)58-56(57-50)43-30-41(38-24-26-54-48(32-38)46-19-6-8-22-52(46)59-54)29-42(31-43)39-25-27-55-49(33-39)47-20-7-9-23-53(47)60-55/h1-34H. The zero-order valence-electron chi connectivity index (χ0n) is 32.3. The number of thiophene rings is 2. The van der Waals surface area contributed by atoms with Crippen molar-refractivity contribution in [3.63, 3.8) is 0 Å². The molecule has 0 fully saturated rings. The summed E-state index contributed by atoms with van der Waals surface area (Å²) in [5.74, 6) is 0.688. The third-order valence-electron chi connectivity index (χ3n) is 11.7. The van der Waals surface area contributed by atoms with Crippen LogP contribution in [0.4, 0.5) is 0 Å². The second-order valence-corrected chi connectivity index (χ2v) is 17.5. The van der Waals surface area contributed by atoms with Gasteiger partial charge in [-0.1, -0.05) is 140 Å². The van der Waals surface area contributed by atoms with E-state index in [-0.39, 0.29) is 0 Å². The molecule has 3 aromatic heterocycles. The molecule has 0 bridgehead atoms. The molecule has 9 aromatic carbocycles. The van der Waals surface area contributed by atoms with Crippen LogP contribution in [0.2, 0.25) is 0 Å². The van der Waals surface area contributed by atoms with E-state index < -0.39 is 0 Å². The predicted molar refractivity (Wildman–Crippen MR) is 258 cm³/mol. The summed E-state index contributed by atoms with van der Waals surface area (Å²) in [6.07, 6.45) is 0. The fourth-order valence-electron chi connectivity index (χ4n) is 8.70. The van der Waals surface area contributed by atoms with Gasteiger partial charge in [-0.3, -0.25) is 0 Å². The van der Waals surface area contributed by atoms with E-state index in [1.54, 1.807) is 0 Å². The first-order valence-corrected chi connectivity index (χ1v) is 21.8. The second-order valence-electron chi connectivity index (χ2n) is 15.4. The van der Waals surface area contributed by atoms with Crippen LogP contribution in [-0.2, 0) is 0 Å². The molecule has 12 aromatic rings. The first-order chi connectivity index (χ1) is 29.7. The normalized spacial score (nSPS) is 11.7. The van der Waals surface area contributed by atoms with Gasteiger partial charge in [0.05, 0.1) is 11.4 Å². The molecule has 60 heavy (non-hydrogen) atoms. The maximum atomic E-state index is 5.46. The maximum absolute atomic E-state index is 5.46. The van der Waals surface area contributed by atoms with Crippen molar-refractivity contribution < 1.29 is 0 Å². The van der Waals surface area contributed by atoms with Gasteiger partial charge in [0.1, 0.15) is 0 Å². The van der Waals surface area contributed by atoms with Gasteiger partial charge in [0.2, 0.25) is 0 Å². The molecule has 280 valence electrons. The summed E-state index contributed by atoms with van der Waals surface area (Å²) in [6, 6.07) is 74.6. The van der Waals surface area contributed by atoms with Crippen LogP contribution in [0.25, 0.3) is 118 Å². The zero-order valence-corrected chi connectivity index (χ0v) is 34.0. The van der Waals surface area contributed by atoms with E-state index in [1.807, 2.05) is 22.7 Å². The van der Waals surface area contributed by atoms with Crippen molar-refractivity contribution in [3.8, 4) is 67.3 Å². The lowest BCUT2D eigenvalue weighted by Gasteiger charge is -2.14. The van der Waals surface area contributed by atoms with Gasteiger partial charge in [-0.05, 0) is 111 Å². The van der Waals surface area contributed by atoms with E-state index in [0.29, 0.717) is 5.82 Å². The third-order valence-corrected chi connectivity index (χ3v) is 14.0. The monoisotopic (exact) mass is 798 g/mol. The quantitative estimate of drug-likeness (QED) is 0.167. The average molecular weight is 799 g/mol. The summed E-state index contributed by atoms with van der Waals surface area (Å²) in [6.45, 7) is 0. The molecule has 0 aliphatic heterocycles. The Morgan fingerprint density at radius 1 is 0.267 bits per heavy atom. The minimum absolute atomic E-state index is 0.688. The van der Waals surface area contributed by atoms with Gasteiger partial charge in [0, 0.05) is 57.0 Å². The highest BCUT2D eigenvalue weighted by Gasteiger charge is 2.17. The molecule has 2 nitrogen and oxygen atoms in total. The SMILES string of the molecule is c1ccc(-c2cccc(-c3cc(-c4cccc5ccccc45)nc(-c4cc(-c5ccc6sc7ccccc7c6c5)cc(-c5ccc6sc7ccccc7c6c5)c4)n3)c2)cc1. The van der Waals surface area contributed by atoms with Crippen LogP contribution in [-0.4, -0.2) is 9.97 Å². The molecule has 0 spiro atoms. The summed E-state index contributed by atoms with van der Waals surface area (Å²) < 4.78 is 5.19. The Morgan fingerprint density at radius 3 is 1.45 bits per heavy atom. The Balaban J connectivity index is 1.10. The topological polar surface area (TPSA) is 25.8 Å². The van der Waals surface area contributed by atoms with Crippen molar-refractivity contribution >= 4 is 73.8 Å². The third kappa shape index (κ3) is 6.08. The molecule has 0 saturated carbocycles. The number of nitrogens with zero attached hydrogens (tertiary/aromatic N) is 2. The van der Waals surface area contributed by atoms with Gasteiger partial charge in [-0.15, -0.1) is 22.7 Å². The van der Waals surface area contributed by atoms with Gasteiger partial charge in [-0.25, -0.2) is 9.97 Å². The van der Waals surface area contributed by atoms with Crippen LogP contribution in [0, 0.1) is 0 Å². The van der Waals surface area contributed by atoms with Crippen molar-refractivity contribution in [2.45, 2.75) is 0 Å². The first kappa shape index (κ1) is 34.8. The van der Waals surface area contributed by atoms with Crippen molar-refractivity contribution in [1.82, 2.24) is 9.97 Å². The van der Waals surface area contributed by atoms with E-state index >= 15 is 0 Å². The Kier molecular flexibility index (Phi) is 8.25. The van der Waals surface area contributed by atoms with Crippen LogP contribution in [0.15, 0.2) is 206 Å². The summed E-state index contributed by atoms with van der Waals surface area (Å²) >= 11 is 3.70. The number of fused-ring (bicyclic) bond motifs is 7. The van der Waals surface area contributed by atoms with E-state index in [1.165, 1.54) is 51.3 Å². The molecule has 0 atom stereocenters. The molecule has 0 saturated heterocycles. The fourth-order valence-corrected chi connectivity index (χ4v) is 10.9. The van der Waals surface area contributed by atoms with Gasteiger partial charge < -0.3 is 0 Å². The minimum Gasteiger partial charge on any atom is -0.228 e. The summed E-state index contributed by atoms with van der Waals surface area (Å²) in [7, 11) is 0. The van der Waals surface area contributed by atoms with Crippen LogP contribution in [0.5, 0.6) is 0 Å². The maximum Gasteiger partial charge on any atom is 0.160 e. The van der Waals surface area contributed by atoms with E-state index in [2.05, 4.69) is 206 Å². The lowest BCUT2D eigenvalue weighted by atomic mass is 9.94. The molecule has 0 aliphatic carbocycles. The summed E-state index contributed by atoms with van der Waals surface area (Å²) in [4.78, 5) is 10.9. The van der Waals surface area contributed by atoms with Crippen molar-refractivity contribution in [3.05, 3.63) is 206 Å². The van der Waals surface area contributed by atoms with E-state index in [0.717, 1.165) is 61.3 Å². The number of rotatable bonds is 6. The van der Waals surface area contributed by atoms with E-state index in [4.69, 9.17) is 9.97 Å². The van der Waals surface area contributed by atoms with Gasteiger partial charge in [0.15, 0.2) is 5.82 Å². The molecule has 12 rings (SSSR count). The summed E-state index contributed by atoms with van der Waals surface area (Å²) in [5.41, 5.74) is 11.8. The highest BCUT2D eigenvalue weighted by Crippen LogP contribution is 2.41. The molecular weight excluding hydrogens is 765 g/mol. The molecule has 0 unspecified atom stereocenters. The zero-order chi connectivity index (χ0) is 39.6. The Hall–Kier alpha value is -7.24. The largest absolute Gasteiger partial charge is 0.228 e. The Labute approximate surface area is 355 Å². The van der Waals surface area contributed by atoms with Gasteiger partial charge >= 0.3 is 0 Å². The molecular formula is C56H34N2S2. The van der Waals surface area contributed by atoms with Gasteiger partial charge in [-0.2, -0.15) is 0 Å². The van der Waals surface area contributed by atoms with Crippen molar-refractivity contribution in [2.75, 3.05) is 0 Å². The molecule has 0 amide bonds. The molecule has 0 radical (unpaired) electrons. The van der Waals surface area contributed by atoms with Gasteiger partial charge in [0.25, 0.3) is 0 Å². The fraction of sp³-hybridized carbons (Fsp3) is 0. The minimum atomic E-state index is 0.688. The highest BCUT2D eigenvalue weighted by atomic mass is 32.1.